The lowest BCUT2D eigenvalue weighted by Crippen LogP contribution is -2.50. The number of piperidine rings is 1. The van der Waals surface area contributed by atoms with Gasteiger partial charge < -0.3 is 19.4 Å². The lowest BCUT2D eigenvalue weighted by atomic mass is 9.89. The second-order valence-corrected chi connectivity index (χ2v) is 9.45. The van der Waals surface area contributed by atoms with E-state index in [0.29, 0.717) is 12.0 Å². The third-order valence-corrected chi connectivity index (χ3v) is 7.75. The van der Waals surface area contributed by atoms with Crippen LogP contribution < -0.4 is 14.5 Å². The molecule has 0 bridgehead atoms. The Labute approximate surface area is 184 Å². The molecule has 0 spiro atoms. The van der Waals surface area contributed by atoms with Crippen LogP contribution in [0.25, 0.3) is 0 Å². The SMILES string of the molecule is CC(=O)N1CCN2c3c(cccc31)[C@H]1CN(CCCc3cccc4c3OCC4)CC[C@H]12. The summed E-state index contributed by atoms with van der Waals surface area (Å²) in [4.78, 5) is 19.4. The van der Waals surface area contributed by atoms with E-state index in [1.807, 2.05) is 4.90 Å². The van der Waals surface area contributed by atoms with Gasteiger partial charge in [-0.25, -0.2) is 0 Å². The van der Waals surface area contributed by atoms with Crippen molar-refractivity contribution in [2.45, 2.75) is 44.6 Å². The number of aryl methyl sites for hydroxylation is 1. The molecule has 162 valence electrons. The van der Waals surface area contributed by atoms with Crippen LogP contribution in [-0.2, 0) is 17.6 Å². The molecule has 1 saturated heterocycles. The highest BCUT2D eigenvalue weighted by atomic mass is 16.5. The molecule has 1 fully saturated rings. The van der Waals surface area contributed by atoms with E-state index < -0.39 is 0 Å². The predicted molar refractivity (Wildman–Crippen MR) is 123 cm³/mol. The molecule has 2 aromatic carbocycles. The first-order valence-corrected chi connectivity index (χ1v) is 11.8. The van der Waals surface area contributed by atoms with Crippen molar-refractivity contribution in [2.75, 3.05) is 49.1 Å². The van der Waals surface area contributed by atoms with Crippen molar-refractivity contribution >= 4 is 17.3 Å². The Kier molecular flexibility index (Phi) is 4.67. The van der Waals surface area contributed by atoms with Gasteiger partial charge in [0.25, 0.3) is 0 Å². The first kappa shape index (κ1) is 19.2. The van der Waals surface area contributed by atoms with Crippen molar-refractivity contribution in [1.29, 1.82) is 0 Å². The summed E-state index contributed by atoms with van der Waals surface area (Å²) in [7, 11) is 0. The summed E-state index contributed by atoms with van der Waals surface area (Å²) in [5.41, 5.74) is 6.66. The molecule has 31 heavy (non-hydrogen) atoms. The van der Waals surface area contributed by atoms with Crippen molar-refractivity contribution in [2.24, 2.45) is 0 Å². The third kappa shape index (κ3) is 3.13. The van der Waals surface area contributed by atoms with Gasteiger partial charge in [0.05, 0.1) is 18.0 Å². The quantitative estimate of drug-likeness (QED) is 0.762. The zero-order chi connectivity index (χ0) is 20.9. The molecule has 5 heteroatoms. The number of carbonyl (C=O) groups excluding carboxylic acids is 1. The molecule has 0 unspecified atom stereocenters. The highest BCUT2D eigenvalue weighted by Crippen LogP contribution is 2.50. The molecule has 4 aliphatic rings. The average molecular weight is 418 g/mol. The molecule has 4 aliphatic heterocycles. The minimum Gasteiger partial charge on any atom is -0.493 e. The smallest absolute Gasteiger partial charge is 0.223 e. The van der Waals surface area contributed by atoms with Crippen LogP contribution in [0.15, 0.2) is 36.4 Å². The standard InChI is InChI=1S/C26H31N3O2/c1-18(30)28-14-15-29-23-10-13-27(17-22(23)21-8-3-9-24(28)25(21)29)12-4-7-19-5-2-6-20-11-16-31-26(19)20/h2-3,5-6,8-9,22-23H,4,7,10-17H2,1H3/t22-,23-/m1/s1. The number of anilines is 2. The number of hydrogen-bond donors (Lipinski definition) is 0. The Morgan fingerprint density at radius 1 is 1.13 bits per heavy atom. The number of carbonyl (C=O) groups is 1. The van der Waals surface area contributed by atoms with E-state index in [4.69, 9.17) is 4.74 Å². The third-order valence-electron chi connectivity index (χ3n) is 7.75. The molecule has 0 aliphatic carbocycles. The molecule has 2 atom stereocenters. The van der Waals surface area contributed by atoms with E-state index in [-0.39, 0.29) is 5.91 Å². The first-order chi connectivity index (χ1) is 15.2. The van der Waals surface area contributed by atoms with Crippen LogP contribution in [0, 0.1) is 0 Å². The van der Waals surface area contributed by atoms with E-state index in [0.717, 1.165) is 57.1 Å². The predicted octanol–water partition coefficient (Wildman–Crippen LogP) is 3.60. The van der Waals surface area contributed by atoms with E-state index in [9.17, 15) is 4.79 Å². The van der Waals surface area contributed by atoms with Crippen LogP contribution in [0.5, 0.6) is 5.75 Å². The maximum Gasteiger partial charge on any atom is 0.223 e. The van der Waals surface area contributed by atoms with Crippen LogP contribution in [0.1, 0.15) is 42.4 Å². The highest BCUT2D eigenvalue weighted by Gasteiger charge is 2.45. The van der Waals surface area contributed by atoms with Gasteiger partial charge in [0.1, 0.15) is 5.75 Å². The normalized spacial score (nSPS) is 23.9. The second-order valence-electron chi connectivity index (χ2n) is 9.45. The van der Waals surface area contributed by atoms with Gasteiger partial charge in [-0.05, 0) is 48.6 Å². The average Bonchev–Trinajstić information content (AvgIpc) is 3.39. The monoisotopic (exact) mass is 417 g/mol. The fourth-order valence-corrected chi connectivity index (χ4v) is 6.34. The van der Waals surface area contributed by atoms with Crippen LogP contribution in [0.2, 0.25) is 0 Å². The number of hydrogen-bond acceptors (Lipinski definition) is 4. The van der Waals surface area contributed by atoms with Gasteiger partial charge in [-0.3, -0.25) is 4.79 Å². The molecule has 0 saturated carbocycles. The van der Waals surface area contributed by atoms with Gasteiger partial charge in [-0.2, -0.15) is 0 Å². The number of nitrogens with zero attached hydrogens (tertiary/aromatic N) is 3. The lowest BCUT2D eigenvalue weighted by Gasteiger charge is -2.41. The summed E-state index contributed by atoms with van der Waals surface area (Å²) in [5.74, 6) is 1.86. The minimum atomic E-state index is 0.154. The molecule has 0 radical (unpaired) electrons. The van der Waals surface area contributed by atoms with Crippen molar-refractivity contribution in [3.05, 3.63) is 53.1 Å². The molecule has 5 nitrogen and oxygen atoms in total. The maximum atomic E-state index is 12.2. The van der Waals surface area contributed by atoms with Gasteiger partial charge >= 0.3 is 0 Å². The fourth-order valence-electron chi connectivity index (χ4n) is 6.34. The zero-order valence-corrected chi connectivity index (χ0v) is 18.3. The highest BCUT2D eigenvalue weighted by molar-refractivity contribution is 5.98. The Morgan fingerprint density at radius 3 is 2.94 bits per heavy atom. The number of rotatable bonds is 4. The molecule has 4 heterocycles. The van der Waals surface area contributed by atoms with E-state index >= 15 is 0 Å². The molecule has 0 aromatic heterocycles. The first-order valence-electron chi connectivity index (χ1n) is 11.8. The molecule has 0 N–H and O–H groups in total. The molecule has 6 rings (SSSR count). The summed E-state index contributed by atoms with van der Waals surface area (Å²) in [6, 6.07) is 13.8. The molecular formula is C26H31N3O2. The number of para-hydroxylation sites is 2. The van der Waals surface area contributed by atoms with Crippen molar-refractivity contribution in [1.82, 2.24) is 4.90 Å². The zero-order valence-electron chi connectivity index (χ0n) is 18.3. The van der Waals surface area contributed by atoms with Crippen LogP contribution in [-0.4, -0.2) is 56.2 Å². The largest absolute Gasteiger partial charge is 0.493 e. The van der Waals surface area contributed by atoms with E-state index in [2.05, 4.69) is 46.2 Å². The fraction of sp³-hybridized carbons (Fsp3) is 0.500. The molecular weight excluding hydrogens is 386 g/mol. The number of amides is 1. The Morgan fingerprint density at radius 2 is 2.03 bits per heavy atom. The number of fused-ring (bicyclic) bond motifs is 4. The minimum absolute atomic E-state index is 0.154. The van der Waals surface area contributed by atoms with Gasteiger partial charge in [-0.15, -0.1) is 0 Å². The summed E-state index contributed by atoms with van der Waals surface area (Å²) in [6.07, 6.45) is 4.53. The molecule has 1 amide bonds. The van der Waals surface area contributed by atoms with Crippen molar-refractivity contribution in [3.8, 4) is 5.75 Å². The molecule has 2 aromatic rings. The maximum absolute atomic E-state index is 12.2. The van der Waals surface area contributed by atoms with Gasteiger partial charge in [0.15, 0.2) is 0 Å². The van der Waals surface area contributed by atoms with Gasteiger partial charge in [0.2, 0.25) is 5.91 Å². The number of likely N-dealkylation sites (tertiary alicyclic amines) is 1. The second kappa shape index (κ2) is 7.56. The summed E-state index contributed by atoms with van der Waals surface area (Å²) >= 11 is 0. The number of ether oxygens (including phenoxy) is 1. The number of benzene rings is 2. The van der Waals surface area contributed by atoms with Crippen LogP contribution in [0.3, 0.4) is 0 Å². The summed E-state index contributed by atoms with van der Waals surface area (Å²) in [6.45, 7) is 7.72. The Balaban J connectivity index is 1.15. The van der Waals surface area contributed by atoms with E-state index in [1.165, 1.54) is 41.8 Å². The Hall–Kier alpha value is -2.53. The topological polar surface area (TPSA) is 36.0 Å². The van der Waals surface area contributed by atoms with Gasteiger partial charge in [0, 0.05) is 51.5 Å². The summed E-state index contributed by atoms with van der Waals surface area (Å²) < 4.78 is 5.89. The van der Waals surface area contributed by atoms with Crippen LogP contribution >= 0.6 is 0 Å². The Bertz CT molecular complexity index is 1020. The van der Waals surface area contributed by atoms with Crippen LogP contribution in [0.4, 0.5) is 11.4 Å². The lowest BCUT2D eigenvalue weighted by molar-refractivity contribution is -0.116. The van der Waals surface area contributed by atoms with E-state index in [1.54, 1.807) is 6.92 Å². The van der Waals surface area contributed by atoms with Crippen molar-refractivity contribution in [3.63, 3.8) is 0 Å². The van der Waals surface area contributed by atoms with Gasteiger partial charge in [-0.1, -0.05) is 30.3 Å². The summed E-state index contributed by atoms with van der Waals surface area (Å²) in [5, 5.41) is 0. The van der Waals surface area contributed by atoms with Crippen molar-refractivity contribution < 1.29 is 9.53 Å².